The van der Waals surface area contributed by atoms with Crippen LogP contribution in [0.3, 0.4) is 0 Å². The Labute approximate surface area is 114 Å². The van der Waals surface area contributed by atoms with Gasteiger partial charge in [-0.25, -0.2) is 0 Å². The second-order valence-electron chi connectivity index (χ2n) is 5.06. The maximum atomic E-state index is 12.5. The van der Waals surface area contributed by atoms with Crippen LogP contribution in [0.5, 0.6) is 0 Å². The number of rotatable bonds is 2. The van der Waals surface area contributed by atoms with Gasteiger partial charge in [-0.3, -0.25) is 4.98 Å². The number of hydrogen-bond donors (Lipinski definition) is 1. The van der Waals surface area contributed by atoms with E-state index in [1.165, 1.54) is 12.1 Å². The summed E-state index contributed by atoms with van der Waals surface area (Å²) in [5.41, 5.74) is 7.55. The standard InChI is InChI=1S/C15H13F3N2/c16-15(17,18)11-4-1-9(2-5-11)14-6-3-10(8-20-14)12-7-13(12)19/h1-6,8,12-13H,7,19H2/t12-,13+/m1/s1. The van der Waals surface area contributed by atoms with Crippen LogP contribution in [0.1, 0.15) is 23.5 Å². The molecule has 0 aliphatic heterocycles. The molecule has 0 unspecified atom stereocenters. The molecule has 1 saturated carbocycles. The number of benzene rings is 1. The van der Waals surface area contributed by atoms with Crippen molar-refractivity contribution in [3.63, 3.8) is 0 Å². The summed E-state index contributed by atoms with van der Waals surface area (Å²) in [4.78, 5) is 4.30. The van der Waals surface area contributed by atoms with Crippen LogP contribution in [-0.4, -0.2) is 11.0 Å². The first-order valence-corrected chi connectivity index (χ1v) is 6.34. The molecule has 1 aliphatic carbocycles. The number of hydrogen-bond acceptors (Lipinski definition) is 2. The van der Waals surface area contributed by atoms with E-state index in [0.717, 1.165) is 24.1 Å². The third-order valence-corrected chi connectivity index (χ3v) is 3.56. The van der Waals surface area contributed by atoms with Crippen molar-refractivity contribution in [1.29, 1.82) is 0 Å². The number of nitrogens with two attached hydrogens (primary N) is 1. The minimum Gasteiger partial charge on any atom is -0.327 e. The molecule has 104 valence electrons. The van der Waals surface area contributed by atoms with E-state index >= 15 is 0 Å². The summed E-state index contributed by atoms with van der Waals surface area (Å²) in [6.45, 7) is 0. The third kappa shape index (κ3) is 2.54. The van der Waals surface area contributed by atoms with Crippen molar-refractivity contribution in [2.75, 3.05) is 0 Å². The molecule has 5 heteroatoms. The highest BCUT2D eigenvalue weighted by Crippen LogP contribution is 2.39. The highest BCUT2D eigenvalue weighted by atomic mass is 19.4. The monoisotopic (exact) mass is 278 g/mol. The zero-order valence-electron chi connectivity index (χ0n) is 10.6. The summed E-state index contributed by atoms with van der Waals surface area (Å²) in [7, 11) is 0. The Balaban J connectivity index is 1.82. The fourth-order valence-electron chi connectivity index (χ4n) is 2.22. The van der Waals surface area contributed by atoms with Gasteiger partial charge in [-0.1, -0.05) is 18.2 Å². The first-order chi connectivity index (χ1) is 9.45. The summed E-state index contributed by atoms with van der Waals surface area (Å²) >= 11 is 0. The molecule has 1 aromatic carbocycles. The maximum Gasteiger partial charge on any atom is 0.416 e. The third-order valence-electron chi connectivity index (χ3n) is 3.56. The normalized spacial score (nSPS) is 21.8. The molecule has 1 fully saturated rings. The molecular formula is C15H13F3N2. The lowest BCUT2D eigenvalue weighted by atomic mass is 10.1. The number of alkyl halides is 3. The van der Waals surface area contributed by atoms with Crippen LogP contribution in [-0.2, 0) is 6.18 Å². The summed E-state index contributed by atoms with van der Waals surface area (Å²) in [6.07, 6.45) is -1.58. The molecule has 0 bridgehead atoms. The maximum absolute atomic E-state index is 12.5. The van der Waals surface area contributed by atoms with Gasteiger partial charge in [0.05, 0.1) is 11.3 Å². The summed E-state index contributed by atoms with van der Waals surface area (Å²) in [5.74, 6) is 0.379. The minimum absolute atomic E-state index is 0.216. The number of nitrogens with zero attached hydrogens (tertiary/aromatic N) is 1. The summed E-state index contributed by atoms with van der Waals surface area (Å²) in [5, 5.41) is 0. The van der Waals surface area contributed by atoms with Crippen LogP contribution in [0.2, 0.25) is 0 Å². The van der Waals surface area contributed by atoms with Crippen LogP contribution < -0.4 is 5.73 Å². The van der Waals surface area contributed by atoms with Crippen molar-refractivity contribution in [1.82, 2.24) is 4.98 Å². The molecule has 2 aromatic rings. The van der Waals surface area contributed by atoms with Gasteiger partial charge in [0.1, 0.15) is 0 Å². The Morgan fingerprint density at radius 2 is 1.70 bits per heavy atom. The second-order valence-corrected chi connectivity index (χ2v) is 5.06. The smallest absolute Gasteiger partial charge is 0.327 e. The predicted octanol–water partition coefficient (Wildman–Crippen LogP) is 3.58. The molecule has 1 heterocycles. The van der Waals surface area contributed by atoms with Crippen LogP contribution in [0, 0.1) is 0 Å². The fraction of sp³-hybridized carbons (Fsp3) is 0.267. The molecule has 1 aliphatic rings. The summed E-state index contributed by atoms with van der Waals surface area (Å²) in [6, 6.07) is 9.00. The molecule has 0 saturated heterocycles. The van der Waals surface area contributed by atoms with Gasteiger partial charge in [0, 0.05) is 23.7 Å². The van der Waals surface area contributed by atoms with Crippen LogP contribution >= 0.6 is 0 Å². The first kappa shape index (κ1) is 13.1. The largest absolute Gasteiger partial charge is 0.416 e. The van der Waals surface area contributed by atoms with Gasteiger partial charge in [-0.15, -0.1) is 0 Å². The van der Waals surface area contributed by atoms with Gasteiger partial charge < -0.3 is 5.73 Å². The molecule has 2 N–H and O–H groups in total. The lowest BCUT2D eigenvalue weighted by Gasteiger charge is -2.07. The van der Waals surface area contributed by atoms with Crippen molar-refractivity contribution in [3.8, 4) is 11.3 Å². The molecule has 20 heavy (non-hydrogen) atoms. The van der Waals surface area contributed by atoms with Gasteiger partial charge in [-0.2, -0.15) is 13.2 Å². The molecule has 2 atom stereocenters. The van der Waals surface area contributed by atoms with Crippen LogP contribution in [0.15, 0.2) is 42.6 Å². The van der Waals surface area contributed by atoms with Crippen molar-refractivity contribution < 1.29 is 13.2 Å². The fourth-order valence-corrected chi connectivity index (χ4v) is 2.22. The average molecular weight is 278 g/mol. The van der Waals surface area contributed by atoms with E-state index in [4.69, 9.17) is 5.73 Å². The van der Waals surface area contributed by atoms with E-state index in [-0.39, 0.29) is 6.04 Å². The van der Waals surface area contributed by atoms with Gasteiger partial charge in [0.15, 0.2) is 0 Å². The lowest BCUT2D eigenvalue weighted by molar-refractivity contribution is -0.137. The van der Waals surface area contributed by atoms with E-state index in [1.807, 2.05) is 12.1 Å². The van der Waals surface area contributed by atoms with Crippen molar-refractivity contribution in [3.05, 3.63) is 53.7 Å². The first-order valence-electron chi connectivity index (χ1n) is 6.34. The Morgan fingerprint density at radius 3 is 2.15 bits per heavy atom. The van der Waals surface area contributed by atoms with Crippen molar-refractivity contribution in [2.45, 2.75) is 24.6 Å². The number of pyridine rings is 1. The van der Waals surface area contributed by atoms with Gasteiger partial charge in [0.25, 0.3) is 0 Å². The Kier molecular flexibility index (Phi) is 3.01. The Bertz CT molecular complexity index is 603. The highest BCUT2D eigenvalue weighted by molar-refractivity contribution is 5.59. The van der Waals surface area contributed by atoms with E-state index in [2.05, 4.69) is 4.98 Å². The molecule has 0 radical (unpaired) electrons. The van der Waals surface area contributed by atoms with E-state index in [1.54, 1.807) is 6.20 Å². The highest BCUT2D eigenvalue weighted by Gasteiger charge is 2.35. The molecule has 2 nitrogen and oxygen atoms in total. The summed E-state index contributed by atoms with van der Waals surface area (Å²) < 4.78 is 37.4. The van der Waals surface area contributed by atoms with Crippen molar-refractivity contribution >= 4 is 0 Å². The van der Waals surface area contributed by atoms with Crippen molar-refractivity contribution in [2.24, 2.45) is 5.73 Å². The van der Waals surface area contributed by atoms with E-state index < -0.39 is 11.7 Å². The van der Waals surface area contributed by atoms with Gasteiger partial charge in [-0.05, 0) is 30.2 Å². The van der Waals surface area contributed by atoms with Gasteiger partial charge >= 0.3 is 6.18 Å². The topological polar surface area (TPSA) is 38.9 Å². The van der Waals surface area contributed by atoms with E-state index in [9.17, 15) is 13.2 Å². The van der Waals surface area contributed by atoms with Crippen LogP contribution in [0.25, 0.3) is 11.3 Å². The van der Waals surface area contributed by atoms with Crippen LogP contribution in [0.4, 0.5) is 13.2 Å². The Morgan fingerprint density at radius 1 is 1.05 bits per heavy atom. The van der Waals surface area contributed by atoms with E-state index in [0.29, 0.717) is 17.2 Å². The average Bonchev–Trinajstić information content (AvgIpc) is 3.15. The molecule has 0 amide bonds. The number of aromatic nitrogens is 1. The SMILES string of the molecule is N[C@H]1C[C@@H]1c1ccc(-c2ccc(C(F)(F)F)cc2)nc1. The quantitative estimate of drug-likeness (QED) is 0.911. The second kappa shape index (κ2) is 4.59. The zero-order valence-corrected chi connectivity index (χ0v) is 10.6. The molecule has 1 aromatic heterocycles. The Hall–Kier alpha value is -1.88. The zero-order chi connectivity index (χ0) is 14.3. The molecule has 0 spiro atoms. The van der Waals surface area contributed by atoms with Gasteiger partial charge in [0.2, 0.25) is 0 Å². The molecular weight excluding hydrogens is 265 g/mol. The molecule has 3 rings (SSSR count). The lowest BCUT2D eigenvalue weighted by Crippen LogP contribution is -2.04. The number of halogens is 3. The minimum atomic E-state index is -4.31. The predicted molar refractivity (Wildman–Crippen MR) is 70.0 cm³/mol.